The maximum atomic E-state index is 12.8. The summed E-state index contributed by atoms with van der Waals surface area (Å²) in [5, 5.41) is -0.527. The fourth-order valence-corrected chi connectivity index (χ4v) is 4.51. The van der Waals surface area contributed by atoms with Crippen molar-refractivity contribution in [3.63, 3.8) is 0 Å². The summed E-state index contributed by atoms with van der Waals surface area (Å²) in [6, 6.07) is 5.64. The number of aromatic nitrogens is 1. The highest BCUT2D eigenvalue weighted by Gasteiger charge is 2.42. The van der Waals surface area contributed by atoms with Crippen LogP contribution in [0.4, 0.5) is 5.82 Å². The molecule has 1 aromatic carbocycles. The van der Waals surface area contributed by atoms with E-state index in [0.717, 1.165) is 10.7 Å². The van der Waals surface area contributed by atoms with Crippen molar-refractivity contribution in [1.29, 1.82) is 0 Å². The van der Waals surface area contributed by atoms with Crippen LogP contribution >= 0.6 is 46.4 Å². The standard InChI is InChI=1S/C19H14Cl4N4O3/c20-14-12-13(15(21)17(23)16(14)22)19(30)27(18(12)29)9-11(28)26-7-5-25(6-8-26)10-3-1-2-4-24-10/h1-4H,5-9H2. The van der Waals surface area contributed by atoms with Crippen molar-refractivity contribution < 1.29 is 14.4 Å². The second kappa shape index (κ2) is 8.23. The number of hydrogen-bond acceptors (Lipinski definition) is 5. The average Bonchev–Trinajstić information content (AvgIpc) is 3.01. The molecule has 2 aliphatic rings. The van der Waals surface area contributed by atoms with Gasteiger partial charge in [0.2, 0.25) is 5.91 Å². The van der Waals surface area contributed by atoms with Gasteiger partial charge >= 0.3 is 0 Å². The SMILES string of the molecule is O=C(CN1C(=O)c2c(Cl)c(Cl)c(Cl)c(Cl)c2C1=O)N1CCN(c2ccccn2)CC1. The van der Waals surface area contributed by atoms with Crippen LogP contribution in [0.1, 0.15) is 20.7 Å². The molecule has 7 nitrogen and oxygen atoms in total. The molecule has 0 bridgehead atoms. The second-order valence-corrected chi connectivity index (χ2v) is 8.27. The molecule has 1 saturated heterocycles. The molecule has 0 radical (unpaired) electrons. The Balaban J connectivity index is 1.47. The Morgan fingerprint density at radius 2 is 1.43 bits per heavy atom. The number of carbonyl (C=O) groups excluding carboxylic acids is 3. The van der Waals surface area contributed by atoms with Crippen LogP contribution in [0.25, 0.3) is 0 Å². The Morgan fingerprint density at radius 1 is 0.867 bits per heavy atom. The van der Waals surface area contributed by atoms with E-state index in [1.807, 2.05) is 18.2 Å². The molecule has 0 aliphatic carbocycles. The zero-order chi connectivity index (χ0) is 21.6. The van der Waals surface area contributed by atoms with Gasteiger partial charge in [0.25, 0.3) is 11.8 Å². The largest absolute Gasteiger partial charge is 0.353 e. The maximum absolute atomic E-state index is 12.8. The summed E-state index contributed by atoms with van der Waals surface area (Å²) >= 11 is 24.2. The number of halogens is 4. The van der Waals surface area contributed by atoms with Crippen LogP contribution in [-0.4, -0.2) is 65.2 Å². The number of amides is 3. The van der Waals surface area contributed by atoms with Crippen LogP contribution in [0.3, 0.4) is 0 Å². The smallest absolute Gasteiger partial charge is 0.263 e. The van der Waals surface area contributed by atoms with Gasteiger partial charge in [-0.25, -0.2) is 4.98 Å². The lowest BCUT2D eigenvalue weighted by atomic mass is 10.1. The van der Waals surface area contributed by atoms with Crippen LogP contribution in [0, 0.1) is 0 Å². The summed E-state index contributed by atoms with van der Waals surface area (Å²) in [6.45, 7) is 1.65. The summed E-state index contributed by atoms with van der Waals surface area (Å²) in [6.07, 6.45) is 1.71. The number of piperazine rings is 1. The van der Waals surface area contributed by atoms with Crippen molar-refractivity contribution in [1.82, 2.24) is 14.8 Å². The summed E-state index contributed by atoms with van der Waals surface area (Å²) in [4.78, 5) is 47.1. The van der Waals surface area contributed by atoms with Crippen molar-refractivity contribution in [3.05, 3.63) is 55.6 Å². The van der Waals surface area contributed by atoms with E-state index in [1.165, 1.54) is 0 Å². The van der Waals surface area contributed by atoms with Crippen molar-refractivity contribution in [3.8, 4) is 0 Å². The number of anilines is 1. The normalized spacial score (nSPS) is 16.3. The number of imide groups is 1. The van der Waals surface area contributed by atoms with E-state index in [9.17, 15) is 14.4 Å². The van der Waals surface area contributed by atoms with E-state index in [-0.39, 0.29) is 37.1 Å². The molecule has 1 fully saturated rings. The first-order valence-electron chi connectivity index (χ1n) is 8.97. The lowest BCUT2D eigenvalue weighted by Crippen LogP contribution is -2.52. The molecule has 0 saturated carbocycles. The minimum absolute atomic E-state index is 0.109. The molecule has 0 atom stereocenters. The van der Waals surface area contributed by atoms with Gasteiger partial charge in [0.15, 0.2) is 0 Å². The molecule has 156 valence electrons. The minimum Gasteiger partial charge on any atom is -0.353 e. The molecule has 0 spiro atoms. The van der Waals surface area contributed by atoms with Crippen LogP contribution < -0.4 is 4.90 Å². The van der Waals surface area contributed by atoms with Gasteiger partial charge in [0, 0.05) is 32.4 Å². The molecule has 3 heterocycles. The highest BCUT2D eigenvalue weighted by Crippen LogP contribution is 2.44. The van der Waals surface area contributed by atoms with Gasteiger partial charge in [-0.1, -0.05) is 52.5 Å². The van der Waals surface area contributed by atoms with Gasteiger partial charge in [-0.3, -0.25) is 19.3 Å². The summed E-state index contributed by atoms with van der Waals surface area (Å²) in [7, 11) is 0. The average molecular weight is 488 g/mol. The van der Waals surface area contributed by atoms with Crippen LogP contribution in [0.5, 0.6) is 0 Å². The third kappa shape index (κ3) is 3.50. The molecule has 0 unspecified atom stereocenters. The van der Waals surface area contributed by atoms with Gasteiger partial charge in [-0.2, -0.15) is 0 Å². The van der Waals surface area contributed by atoms with E-state index in [1.54, 1.807) is 11.1 Å². The molecule has 1 aromatic heterocycles. The van der Waals surface area contributed by atoms with E-state index in [2.05, 4.69) is 9.88 Å². The van der Waals surface area contributed by atoms with E-state index in [0.29, 0.717) is 26.2 Å². The highest BCUT2D eigenvalue weighted by molar-refractivity contribution is 6.55. The number of fused-ring (bicyclic) bond motifs is 1. The summed E-state index contributed by atoms with van der Waals surface area (Å²) in [5.74, 6) is -0.959. The lowest BCUT2D eigenvalue weighted by molar-refractivity contribution is -0.131. The monoisotopic (exact) mass is 486 g/mol. The van der Waals surface area contributed by atoms with E-state index in [4.69, 9.17) is 46.4 Å². The topological polar surface area (TPSA) is 73.8 Å². The fraction of sp³-hybridized carbons (Fsp3) is 0.263. The first-order chi connectivity index (χ1) is 14.3. The van der Waals surface area contributed by atoms with Crippen molar-refractivity contribution >= 4 is 69.9 Å². The second-order valence-electron chi connectivity index (χ2n) is 6.76. The molecule has 2 aliphatic heterocycles. The van der Waals surface area contributed by atoms with Gasteiger partial charge in [0.1, 0.15) is 12.4 Å². The van der Waals surface area contributed by atoms with Gasteiger partial charge in [-0.05, 0) is 12.1 Å². The molecule has 30 heavy (non-hydrogen) atoms. The molecular weight excluding hydrogens is 474 g/mol. The van der Waals surface area contributed by atoms with Gasteiger partial charge in [-0.15, -0.1) is 0 Å². The minimum atomic E-state index is -0.721. The van der Waals surface area contributed by atoms with Crippen LogP contribution in [0.2, 0.25) is 20.1 Å². The summed E-state index contributed by atoms with van der Waals surface area (Å²) < 4.78 is 0. The zero-order valence-electron chi connectivity index (χ0n) is 15.4. The number of rotatable bonds is 3. The lowest BCUT2D eigenvalue weighted by Gasteiger charge is -2.35. The highest BCUT2D eigenvalue weighted by atomic mass is 35.5. The number of benzene rings is 1. The Kier molecular flexibility index (Phi) is 5.81. The van der Waals surface area contributed by atoms with E-state index >= 15 is 0 Å². The Morgan fingerprint density at radius 3 is 1.93 bits per heavy atom. The predicted molar refractivity (Wildman–Crippen MR) is 115 cm³/mol. The molecule has 11 heteroatoms. The summed E-state index contributed by atoms with van der Waals surface area (Å²) in [5.41, 5.74) is -0.261. The number of nitrogens with zero attached hydrogens (tertiary/aromatic N) is 4. The first kappa shape index (κ1) is 21.2. The van der Waals surface area contributed by atoms with E-state index < -0.39 is 18.4 Å². The Hall–Kier alpha value is -2.06. The van der Waals surface area contributed by atoms with Crippen LogP contribution in [0.15, 0.2) is 24.4 Å². The maximum Gasteiger partial charge on any atom is 0.263 e. The fourth-order valence-electron chi connectivity index (χ4n) is 3.50. The first-order valence-corrected chi connectivity index (χ1v) is 10.5. The zero-order valence-corrected chi connectivity index (χ0v) is 18.4. The molecule has 2 aromatic rings. The Bertz CT molecular complexity index is 1010. The molecular formula is C19H14Cl4N4O3. The molecule has 3 amide bonds. The number of hydrogen-bond donors (Lipinski definition) is 0. The number of pyridine rings is 1. The van der Waals surface area contributed by atoms with Gasteiger partial charge < -0.3 is 9.80 Å². The van der Waals surface area contributed by atoms with Crippen molar-refractivity contribution in [2.45, 2.75) is 0 Å². The van der Waals surface area contributed by atoms with Crippen molar-refractivity contribution in [2.24, 2.45) is 0 Å². The molecule has 4 rings (SSSR count). The Labute approximate surface area is 192 Å². The quantitative estimate of drug-likeness (QED) is 0.375. The third-order valence-electron chi connectivity index (χ3n) is 5.08. The van der Waals surface area contributed by atoms with Gasteiger partial charge in [0.05, 0.1) is 31.2 Å². The van der Waals surface area contributed by atoms with Crippen molar-refractivity contribution in [2.75, 3.05) is 37.6 Å². The van der Waals surface area contributed by atoms with Crippen LogP contribution in [-0.2, 0) is 4.79 Å². The number of carbonyl (C=O) groups is 3. The molecule has 0 N–H and O–H groups in total. The predicted octanol–water partition coefficient (Wildman–Crippen LogP) is 3.64. The third-order valence-corrected chi connectivity index (χ3v) is 6.89.